The number of carbonyl (C=O) groups is 1. The minimum atomic E-state index is -0.234. The number of amides is 1. The van der Waals surface area contributed by atoms with Gasteiger partial charge in [-0.25, -0.2) is 0 Å². The summed E-state index contributed by atoms with van der Waals surface area (Å²) in [6.07, 6.45) is 1.90. The van der Waals surface area contributed by atoms with Crippen LogP contribution in [-0.2, 0) is 0 Å². The molecule has 0 saturated carbocycles. The standard InChI is InChI=1S/C16H15ClN2O/c1-2-15(12-7-4-3-5-8-12)18-19-16(20)13-9-6-10-14(17)11-13/h2-11,18H,1H3,(H,19,20)/b15-2-. The first-order chi connectivity index (χ1) is 9.70. The first-order valence-electron chi connectivity index (χ1n) is 6.24. The van der Waals surface area contributed by atoms with Gasteiger partial charge in [-0.1, -0.05) is 54.1 Å². The summed E-state index contributed by atoms with van der Waals surface area (Å²) in [6.45, 7) is 1.90. The molecule has 2 rings (SSSR count). The van der Waals surface area contributed by atoms with Crippen LogP contribution in [-0.4, -0.2) is 5.91 Å². The van der Waals surface area contributed by atoms with Crippen LogP contribution in [0.25, 0.3) is 5.70 Å². The van der Waals surface area contributed by atoms with E-state index < -0.39 is 0 Å². The molecule has 2 aromatic rings. The van der Waals surface area contributed by atoms with Crippen LogP contribution < -0.4 is 10.9 Å². The smallest absolute Gasteiger partial charge is 0.269 e. The van der Waals surface area contributed by atoms with Gasteiger partial charge in [-0.3, -0.25) is 15.6 Å². The lowest BCUT2D eigenvalue weighted by molar-refractivity contribution is 0.0942. The number of allylic oxidation sites excluding steroid dienone is 1. The second kappa shape index (κ2) is 6.78. The van der Waals surface area contributed by atoms with Crippen LogP contribution in [0.5, 0.6) is 0 Å². The van der Waals surface area contributed by atoms with Crippen LogP contribution in [0.4, 0.5) is 0 Å². The fourth-order valence-corrected chi connectivity index (χ4v) is 1.94. The zero-order chi connectivity index (χ0) is 14.4. The van der Waals surface area contributed by atoms with E-state index in [0.717, 1.165) is 11.3 Å². The van der Waals surface area contributed by atoms with Gasteiger partial charge in [0, 0.05) is 10.6 Å². The lowest BCUT2D eigenvalue weighted by Crippen LogP contribution is -2.36. The summed E-state index contributed by atoms with van der Waals surface area (Å²) in [4.78, 5) is 12.0. The summed E-state index contributed by atoms with van der Waals surface area (Å²) in [7, 11) is 0. The third-order valence-corrected chi connectivity index (χ3v) is 3.01. The van der Waals surface area contributed by atoms with Gasteiger partial charge in [0.25, 0.3) is 5.91 Å². The fourth-order valence-electron chi connectivity index (χ4n) is 1.75. The molecule has 2 aromatic carbocycles. The van der Waals surface area contributed by atoms with Gasteiger partial charge in [-0.15, -0.1) is 0 Å². The first-order valence-corrected chi connectivity index (χ1v) is 6.62. The number of nitrogens with one attached hydrogen (secondary N) is 2. The highest BCUT2D eigenvalue weighted by molar-refractivity contribution is 6.30. The van der Waals surface area contributed by atoms with Crippen molar-refractivity contribution >= 4 is 23.2 Å². The molecule has 0 aromatic heterocycles. The highest BCUT2D eigenvalue weighted by Gasteiger charge is 2.06. The molecule has 0 unspecified atom stereocenters. The largest absolute Gasteiger partial charge is 0.298 e. The normalized spacial score (nSPS) is 11.0. The second-order valence-corrected chi connectivity index (χ2v) is 4.59. The molecule has 0 aliphatic rings. The van der Waals surface area contributed by atoms with Crippen molar-refractivity contribution in [2.24, 2.45) is 0 Å². The van der Waals surface area contributed by atoms with Gasteiger partial charge in [-0.05, 0) is 30.7 Å². The van der Waals surface area contributed by atoms with Gasteiger partial charge in [0.2, 0.25) is 0 Å². The van der Waals surface area contributed by atoms with Crippen molar-refractivity contribution < 1.29 is 4.79 Å². The molecule has 102 valence electrons. The molecule has 0 atom stereocenters. The van der Waals surface area contributed by atoms with E-state index in [0.29, 0.717) is 10.6 Å². The number of rotatable bonds is 4. The summed E-state index contributed by atoms with van der Waals surface area (Å²) in [5, 5.41) is 0.534. The molecule has 0 spiro atoms. The number of carbonyl (C=O) groups excluding carboxylic acids is 1. The monoisotopic (exact) mass is 286 g/mol. The van der Waals surface area contributed by atoms with E-state index >= 15 is 0 Å². The molecular formula is C16H15ClN2O. The average molecular weight is 287 g/mol. The van der Waals surface area contributed by atoms with Crippen LogP contribution in [0.15, 0.2) is 60.7 Å². The summed E-state index contributed by atoms with van der Waals surface area (Å²) in [6, 6.07) is 16.6. The quantitative estimate of drug-likeness (QED) is 0.843. The Hall–Kier alpha value is -2.26. The maximum Gasteiger partial charge on any atom is 0.269 e. The van der Waals surface area contributed by atoms with Crippen molar-refractivity contribution in [1.82, 2.24) is 10.9 Å². The molecule has 0 aliphatic carbocycles. The van der Waals surface area contributed by atoms with Crippen molar-refractivity contribution in [3.8, 4) is 0 Å². The van der Waals surface area contributed by atoms with Gasteiger partial charge >= 0.3 is 0 Å². The molecule has 0 radical (unpaired) electrons. The van der Waals surface area contributed by atoms with E-state index in [2.05, 4.69) is 10.9 Å². The number of hydrogen-bond acceptors (Lipinski definition) is 2. The Balaban J connectivity index is 2.03. The Bertz CT molecular complexity index is 623. The molecule has 4 heteroatoms. The van der Waals surface area contributed by atoms with Crippen molar-refractivity contribution in [2.45, 2.75) is 6.92 Å². The van der Waals surface area contributed by atoms with Crippen molar-refractivity contribution in [2.75, 3.05) is 0 Å². The van der Waals surface area contributed by atoms with E-state index in [4.69, 9.17) is 11.6 Å². The predicted octanol–water partition coefficient (Wildman–Crippen LogP) is 3.64. The zero-order valence-corrected chi connectivity index (χ0v) is 11.8. The van der Waals surface area contributed by atoms with Crippen LogP contribution in [0.2, 0.25) is 5.02 Å². The fraction of sp³-hybridized carbons (Fsp3) is 0.0625. The van der Waals surface area contributed by atoms with E-state index in [1.54, 1.807) is 24.3 Å². The molecule has 3 nitrogen and oxygen atoms in total. The summed E-state index contributed by atoms with van der Waals surface area (Å²) in [5.74, 6) is -0.234. The van der Waals surface area contributed by atoms with Crippen molar-refractivity contribution in [3.05, 3.63) is 76.8 Å². The Morgan fingerprint density at radius 1 is 1.00 bits per heavy atom. The van der Waals surface area contributed by atoms with E-state index in [9.17, 15) is 4.79 Å². The lowest BCUT2D eigenvalue weighted by Gasteiger charge is -2.12. The number of halogens is 1. The third-order valence-electron chi connectivity index (χ3n) is 2.77. The Kier molecular flexibility index (Phi) is 4.80. The van der Waals surface area contributed by atoms with E-state index in [1.165, 1.54) is 0 Å². The first kappa shape index (κ1) is 14.2. The van der Waals surface area contributed by atoms with Crippen molar-refractivity contribution in [1.29, 1.82) is 0 Å². The number of hydrazine groups is 1. The van der Waals surface area contributed by atoms with Crippen molar-refractivity contribution in [3.63, 3.8) is 0 Å². The number of hydrogen-bond donors (Lipinski definition) is 2. The maximum atomic E-state index is 12.0. The summed E-state index contributed by atoms with van der Waals surface area (Å²) < 4.78 is 0. The van der Waals surface area contributed by atoms with E-state index in [-0.39, 0.29) is 5.91 Å². The summed E-state index contributed by atoms with van der Waals surface area (Å²) in [5.41, 5.74) is 7.93. The lowest BCUT2D eigenvalue weighted by atomic mass is 10.1. The summed E-state index contributed by atoms with van der Waals surface area (Å²) >= 11 is 5.86. The van der Waals surface area contributed by atoms with Crippen LogP contribution in [0.1, 0.15) is 22.8 Å². The molecular weight excluding hydrogens is 272 g/mol. The molecule has 1 amide bonds. The SMILES string of the molecule is C/C=C(\NNC(=O)c1cccc(Cl)c1)c1ccccc1. The van der Waals surface area contributed by atoms with Gasteiger partial charge in [-0.2, -0.15) is 0 Å². The molecule has 0 bridgehead atoms. The van der Waals surface area contributed by atoms with Gasteiger partial charge < -0.3 is 0 Å². The highest BCUT2D eigenvalue weighted by atomic mass is 35.5. The minimum absolute atomic E-state index is 0.234. The van der Waals surface area contributed by atoms with E-state index in [1.807, 2.05) is 43.3 Å². The molecule has 0 fully saturated rings. The Morgan fingerprint density at radius 3 is 2.35 bits per heavy atom. The third kappa shape index (κ3) is 3.62. The van der Waals surface area contributed by atoms with Crippen LogP contribution in [0.3, 0.4) is 0 Å². The number of benzene rings is 2. The molecule has 0 aliphatic heterocycles. The topological polar surface area (TPSA) is 41.1 Å². The maximum absolute atomic E-state index is 12.0. The minimum Gasteiger partial charge on any atom is -0.298 e. The predicted molar refractivity (Wildman–Crippen MR) is 82.1 cm³/mol. The van der Waals surface area contributed by atoms with Crippen LogP contribution >= 0.6 is 11.6 Å². The molecule has 2 N–H and O–H groups in total. The Labute approximate surface area is 123 Å². The second-order valence-electron chi connectivity index (χ2n) is 4.16. The molecule has 20 heavy (non-hydrogen) atoms. The molecule has 0 heterocycles. The average Bonchev–Trinajstić information content (AvgIpc) is 2.49. The molecule has 0 saturated heterocycles. The van der Waals surface area contributed by atoms with Crippen LogP contribution in [0, 0.1) is 0 Å². The highest BCUT2D eigenvalue weighted by Crippen LogP contribution is 2.11. The van der Waals surface area contributed by atoms with Gasteiger partial charge in [0.05, 0.1) is 5.70 Å². The Morgan fingerprint density at radius 2 is 1.70 bits per heavy atom. The van der Waals surface area contributed by atoms with Gasteiger partial charge in [0.1, 0.15) is 0 Å². The zero-order valence-electron chi connectivity index (χ0n) is 11.1. The van der Waals surface area contributed by atoms with Gasteiger partial charge in [0.15, 0.2) is 0 Å².